The Kier molecular flexibility index (Phi) is 28.4. The van der Waals surface area contributed by atoms with Crippen LogP contribution >= 0.6 is 35.3 Å². The summed E-state index contributed by atoms with van der Waals surface area (Å²) in [4.78, 5) is 172. The molecule has 4 aliphatic rings. The lowest BCUT2D eigenvalue weighted by molar-refractivity contribution is -0.144. The molecule has 10 atom stereocenters. The van der Waals surface area contributed by atoms with Crippen LogP contribution in [0, 0.1) is 5.92 Å². The van der Waals surface area contributed by atoms with Crippen LogP contribution in [0.5, 0.6) is 5.75 Å². The monoisotopic (exact) mass is 1250 g/mol. The number of aliphatic carboxylic acids is 1. The van der Waals surface area contributed by atoms with Crippen LogP contribution in [-0.2, 0) is 73.9 Å². The average Bonchev–Trinajstić information content (AvgIpc) is 4.22. The number of nitrogens with two attached hydrogens (primary N) is 2. The maximum atomic E-state index is 15.0. The van der Waals surface area contributed by atoms with Crippen molar-refractivity contribution in [2.45, 2.75) is 170 Å². The molecule has 12 N–H and O–H groups in total. The second-order valence-electron chi connectivity index (χ2n) is 21.4. The lowest BCUT2D eigenvalue weighted by atomic mass is 9.96. The van der Waals surface area contributed by atoms with Gasteiger partial charge in [-0.05, 0) is 112 Å². The summed E-state index contributed by atoms with van der Waals surface area (Å²) in [6.07, 6.45) is 5.32. The standard InChI is InChI=1S/C55H82N12O15S3/c1-5-31(2)46-55(80)67-18-11-12-41(67)52(77)59-32(3)48(73)63-39(47(57)72)29-84-27-33-22-34-24-35(23-33)81-19-8-6-7-9-20-82-58-26-44(69)60-36(14-15-43(56)68)49(74)64-40(30-85-28-34)54(79)66-17-10-13-42(66)53(78)61-37(16-21-83-4)50(75)62-38(25-45(70)71)51(76)65-46/h22-24,26,31-32,36-42,46H,5-21,25,27-30H2,1-4H3,(H2,56,68)(H2,57,72)(H,59,77)(H,60,69)(H,61,78)(H,62,75)(H,63,73)(H,64,74)(H,65,76)(H,70,71)/b58-26+/t31-,32-,36-,37-,38-,39-,40-,41-,42-,46-/m0/s1. The number of rotatable bonds is 11. The summed E-state index contributed by atoms with van der Waals surface area (Å²) in [5, 5.41) is 32.1. The Hall–Kier alpha value is -6.82. The van der Waals surface area contributed by atoms with Crippen molar-refractivity contribution in [1.82, 2.24) is 47.0 Å². The van der Waals surface area contributed by atoms with Gasteiger partial charge in [0, 0.05) is 42.5 Å². The van der Waals surface area contributed by atoms with E-state index in [1.807, 2.05) is 18.2 Å². The molecule has 0 spiro atoms. The molecule has 4 aliphatic heterocycles. The number of carbonyl (C=O) groups excluding carboxylic acids is 11. The van der Waals surface area contributed by atoms with Crippen molar-refractivity contribution >= 4 is 112 Å². The third-order valence-electron chi connectivity index (χ3n) is 14.8. The van der Waals surface area contributed by atoms with Gasteiger partial charge in [-0.3, -0.25) is 57.5 Å². The van der Waals surface area contributed by atoms with Gasteiger partial charge in [-0.15, -0.1) is 0 Å². The van der Waals surface area contributed by atoms with E-state index >= 15 is 0 Å². The lowest BCUT2D eigenvalue weighted by Gasteiger charge is -2.33. The molecule has 0 aliphatic carbocycles. The smallest absolute Gasteiger partial charge is 0.305 e. The summed E-state index contributed by atoms with van der Waals surface area (Å²) < 4.78 is 6.24. The van der Waals surface area contributed by atoms with Gasteiger partial charge in [0.15, 0.2) is 0 Å². The minimum Gasteiger partial charge on any atom is -0.494 e. The summed E-state index contributed by atoms with van der Waals surface area (Å²) in [6, 6.07) is -6.28. The SMILES string of the molecule is CC[C@H](C)[C@@H]1NC(=O)[C@H](CC(=O)O)NC(=O)[C@H](CCSC)NC(=O)[C@@H]2CCCN2C(=O)[C@@H]2CSCc3cc(cc(c3)OCCCCCCO/N=C/C(=O)N[C@@H](CCC(N)=O)C(=O)N2)CSC[C@@H](C(N)=O)NC(=O)[C@H](C)NC(=O)[C@@H]2CCCN2C1=O. The van der Waals surface area contributed by atoms with Crippen LogP contribution in [-0.4, -0.2) is 196 Å². The van der Waals surface area contributed by atoms with Gasteiger partial charge in [0.05, 0.1) is 13.0 Å². The number of oxime groups is 1. The quantitative estimate of drug-likeness (QED) is 0.134. The highest BCUT2D eigenvalue weighted by molar-refractivity contribution is 7.99. The number of amides is 11. The summed E-state index contributed by atoms with van der Waals surface area (Å²) in [5.41, 5.74) is 12.8. The highest BCUT2D eigenvalue weighted by Gasteiger charge is 2.43. The molecule has 2 saturated heterocycles. The Morgan fingerprint density at radius 3 is 1.92 bits per heavy atom. The molecule has 0 radical (unpaired) electrons. The summed E-state index contributed by atoms with van der Waals surface area (Å²) in [5.74, 6) is -9.49. The van der Waals surface area contributed by atoms with E-state index in [0.717, 1.165) is 30.2 Å². The zero-order valence-corrected chi connectivity index (χ0v) is 51.0. The topological polar surface area (TPSA) is 399 Å². The van der Waals surface area contributed by atoms with E-state index in [1.54, 1.807) is 20.1 Å². The van der Waals surface area contributed by atoms with Crippen LogP contribution in [0.15, 0.2) is 23.4 Å². The summed E-state index contributed by atoms with van der Waals surface area (Å²) in [7, 11) is 0. The Morgan fingerprint density at radius 1 is 0.706 bits per heavy atom. The molecule has 5 rings (SSSR count). The number of primary amides is 2. The number of nitrogens with zero attached hydrogens (tertiary/aromatic N) is 3. The van der Waals surface area contributed by atoms with Gasteiger partial charge in [-0.1, -0.05) is 31.5 Å². The van der Waals surface area contributed by atoms with Crippen LogP contribution in [0.2, 0.25) is 0 Å². The van der Waals surface area contributed by atoms with E-state index in [9.17, 15) is 62.6 Å². The van der Waals surface area contributed by atoms with Crippen molar-refractivity contribution in [2.75, 3.05) is 49.8 Å². The van der Waals surface area contributed by atoms with Gasteiger partial charge in [-0.25, -0.2) is 0 Å². The molecular weight excluding hydrogens is 1160 g/mol. The van der Waals surface area contributed by atoms with Crippen molar-refractivity contribution in [3.05, 3.63) is 29.3 Å². The first-order valence-corrected chi connectivity index (χ1v) is 32.4. The Labute approximate surface area is 507 Å². The van der Waals surface area contributed by atoms with Crippen molar-refractivity contribution in [3.63, 3.8) is 0 Å². The third kappa shape index (κ3) is 21.9. The molecule has 30 heteroatoms. The molecule has 0 unspecified atom stereocenters. The fraction of sp³-hybridized carbons (Fsp3) is 0.655. The van der Waals surface area contributed by atoms with E-state index in [1.165, 1.54) is 52.0 Å². The number of benzene rings is 1. The van der Waals surface area contributed by atoms with E-state index < -0.39 is 138 Å². The minimum atomic E-state index is -1.77. The fourth-order valence-corrected chi connectivity index (χ4v) is 12.4. The highest BCUT2D eigenvalue weighted by atomic mass is 32.2. The van der Waals surface area contributed by atoms with Crippen LogP contribution in [0.25, 0.3) is 0 Å². The van der Waals surface area contributed by atoms with Gasteiger partial charge in [0.25, 0.3) is 5.91 Å². The number of nitrogens with one attached hydrogen (secondary N) is 7. The highest BCUT2D eigenvalue weighted by Crippen LogP contribution is 2.28. The maximum absolute atomic E-state index is 15.0. The van der Waals surface area contributed by atoms with E-state index in [0.29, 0.717) is 56.0 Å². The molecular formula is C55H82N12O15S3. The van der Waals surface area contributed by atoms with E-state index in [4.69, 9.17) is 21.0 Å². The normalized spacial score (nSPS) is 27.3. The van der Waals surface area contributed by atoms with Gasteiger partial charge >= 0.3 is 5.97 Å². The Morgan fingerprint density at radius 2 is 1.29 bits per heavy atom. The molecule has 0 saturated carbocycles. The average molecular weight is 1250 g/mol. The molecule has 27 nitrogen and oxygen atoms in total. The number of hydrogen-bond donors (Lipinski definition) is 10. The zero-order valence-electron chi connectivity index (χ0n) is 48.5. The fourth-order valence-electron chi connectivity index (χ4n) is 9.95. The number of hydrogen-bond acceptors (Lipinski definition) is 18. The number of ether oxygens (including phenoxy) is 1. The first-order valence-electron chi connectivity index (χ1n) is 28.7. The Bertz CT molecular complexity index is 2600. The molecule has 4 bridgehead atoms. The van der Waals surface area contributed by atoms with Gasteiger partial charge in [0.2, 0.25) is 59.1 Å². The second kappa shape index (κ2) is 35.0. The molecule has 470 valence electrons. The van der Waals surface area contributed by atoms with Crippen LogP contribution in [0.4, 0.5) is 0 Å². The van der Waals surface area contributed by atoms with Crippen molar-refractivity contribution in [2.24, 2.45) is 22.5 Å². The lowest BCUT2D eigenvalue weighted by Crippen LogP contribution is -2.61. The molecule has 85 heavy (non-hydrogen) atoms. The molecule has 1 aromatic rings. The van der Waals surface area contributed by atoms with Crippen LogP contribution in [0.1, 0.15) is 115 Å². The first-order chi connectivity index (χ1) is 40.6. The maximum Gasteiger partial charge on any atom is 0.305 e. The predicted molar refractivity (Wildman–Crippen MR) is 318 cm³/mol. The van der Waals surface area contributed by atoms with E-state index in [2.05, 4.69) is 42.4 Å². The van der Waals surface area contributed by atoms with Crippen molar-refractivity contribution < 1.29 is 72.2 Å². The zero-order chi connectivity index (χ0) is 62.2. The largest absolute Gasteiger partial charge is 0.494 e. The molecule has 1 aromatic carbocycles. The third-order valence-corrected chi connectivity index (χ3v) is 17.7. The first kappa shape index (κ1) is 69.0. The number of carboxylic acid groups (broad SMARTS) is 1. The van der Waals surface area contributed by atoms with E-state index in [-0.39, 0.29) is 69.1 Å². The van der Waals surface area contributed by atoms with Crippen LogP contribution in [0.3, 0.4) is 0 Å². The van der Waals surface area contributed by atoms with Crippen molar-refractivity contribution in [3.8, 4) is 5.75 Å². The van der Waals surface area contributed by atoms with Crippen LogP contribution < -0.4 is 53.4 Å². The van der Waals surface area contributed by atoms with Crippen molar-refractivity contribution in [1.29, 1.82) is 0 Å². The minimum absolute atomic E-state index is 0.00355. The van der Waals surface area contributed by atoms with Gasteiger partial charge < -0.3 is 73.2 Å². The molecule has 0 aromatic heterocycles. The Balaban J connectivity index is 1.56. The molecule has 4 heterocycles. The second-order valence-corrected chi connectivity index (χ2v) is 24.5. The number of carboxylic acids is 1. The number of thioether (sulfide) groups is 3. The summed E-state index contributed by atoms with van der Waals surface area (Å²) in [6.45, 7) is 5.54. The van der Waals surface area contributed by atoms with Gasteiger partial charge in [-0.2, -0.15) is 35.3 Å². The predicted octanol–water partition coefficient (Wildman–Crippen LogP) is -0.458. The molecule has 2 fully saturated rings. The summed E-state index contributed by atoms with van der Waals surface area (Å²) >= 11 is 3.88. The number of carbonyl (C=O) groups is 12. The van der Waals surface area contributed by atoms with Gasteiger partial charge in [0.1, 0.15) is 72.9 Å². The molecule has 11 amide bonds. The number of fused-ring (bicyclic) bond motifs is 7.